The van der Waals surface area contributed by atoms with Gasteiger partial charge in [-0.3, -0.25) is 19.7 Å². The minimum atomic E-state index is -0.431. The molecule has 2 saturated carbocycles. The van der Waals surface area contributed by atoms with Crippen LogP contribution in [-0.2, 0) is 9.59 Å². The number of hydrogen-bond donors (Lipinski definition) is 1. The average molecular weight is 395 g/mol. The van der Waals surface area contributed by atoms with Crippen LogP contribution >= 0.6 is 0 Å². The third-order valence-corrected chi connectivity index (χ3v) is 7.12. The SMILES string of the molecule is O=C1[C@@H]2[C@H](C(=O)N1c1ccc(NC3CCCCCC3)c([N+](=O)[O-])c1)[C@H]1C=C[C@H]2C1. The molecule has 2 amide bonds. The largest absolute Gasteiger partial charge is 0.377 e. The minimum Gasteiger partial charge on any atom is -0.377 e. The molecule has 1 heterocycles. The van der Waals surface area contributed by atoms with Gasteiger partial charge < -0.3 is 5.32 Å². The van der Waals surface area contributed by atoms with E-state index in [1.807, 2.05) is 12.2 Å². The number of fused-ring (bicyclic) bond motifs is 5. The lowest BCUT2D eigenvalue weighted by molar-refractivity contribution is -0.383. The molecule has 0 unspecified atom stereocenters. The summed E-state index contributed by atoms with van der Waals surface area (Å²) in [5.41, 5.74) is 0.698. The highest BCUT2D eigenvalue weighted by atomic mass is 16.6. The Labute approximate surface area is 169 Å². The van der Waals surface area contributed by atoms with Crippen LogP contribution < -0.4 is 10.2 Å². The first-order valence-electron chi connectivity index (χ1n) is 10.7. The van der Waals surface area contributed by atoms with Gasteiger partial charge in [0.05, 0.1) is 22.4 Å². The molecule has 152 valence electrons. The average Bonchev–Trinajstić information content (AvgIpc) is 3.31. The third-order valence-electron chi connectivity index (χ3n) is 7.12. The van der Waals surface area contributed by atoms with Crippen molar-refractivity contribution in [2.75, 3.05) is 10.2 Å². The molecule has 0 radical (unpaired) electrons. The van der Waals surface area contributed by atoms with Gasteiger partial charge in [-0.05, 0) is 43.2 Å². The molecule has 4 aliphatic rings. The molecule has 3 fully saturated rings. The van der Waals surface area contributed by atoms with E-state index in [4.69, 9.17) is 0 Å². The lowest BCUT2D eigenvalue weighted by Crippen LogP contribution is -2.33. The summed E-state index contributed by atoms with van der Waals surface area (Å²) in [5.74, 6) is -0.790. The Morgan fingerprint density at radius 3 is 2.17 bits per heavy atom. The first-order chi connectivity index (χ1) is 14.0. The van der Waals surface area contributed by atoms with Gasteiger partial charge in [0.25, 0.3) is 5.69 Å². The summed E-state index contributed by atoms with van der Waals surface area (Å²) < 4.78 is 0. The number of anilines is 2. The van der Waals surface area contributed by atoms with Gasteiger partial charge in [-0.2, -0.15) is 0 Å². The predicted octanol–water partition coefficient (Wildman–Crippen LogP) is 4.04. The van der Waals surface area contributed by atoms with Crippen LogP contribution in [0, 0.1) is 33.8 Å². The number of nitro benzene ring substituents is 1. The molecule has 7 nitrogen and oxygen atoms in total. The molecule has 1 aromatic carbocycles. The Morgan fingerprint density at radius 2 is 1.59 bits per heavy atom. The Balaban J connectivity index is 1.43. The minimum absolute atomic E-state index is 0.0782. The second-order valence-electron chi connectivity index (χ2n) is 8.80. The smallest absolute Gasteiger partial charge is 0.294 e. The van der Waals surface area contributed by atoms with Crippen molar-refractivity contribution in [2.24, 2.45) is 23.7 Å². The van der Waals surface area contributed by atoms with Crippen LogP contribution in [0.15, 0.2) is 30.4 Å². The van der Waals surface area contributed by atoms with Crippen molar-refractivity contribution in [3.63, 3.8) is 0 Å². The Kier molecular flexibility index (Phi) is 4.41. The van der Waals surface area contributed by atoms with Gasteiger partial charge >= 0.3 is 0 Å². The summed E-state index contributed by atoms with van der Waals surface area (Å²) in [6.07, 6.45) is 11.6. The first-order valence-corrected chi connectivity index (χ1v) is 10.7. The Bertz CT molecular complexity index is 873. The van der Waals surface area contributed by atoms with E-state index in [1.54, 1.807) is 12.1 Å². The molecule has 5 rings (SSSR count). The highest BCUT2D eigenvalue weighted by Gasteiger charge is 2.59. The Morgan fingerprint density at radius 1 is 0.966 bits per heavy atom. The van der Waals surface area contributed by atoms with Crippen LogP contribution in [0.4, 0.5) is 17.1 Å². The molecule has 2 bridgehead atoms. The topological polar surface area (TPSA) is 92.6 Å². The number of rotatable bonds is 4. The highest BCUT2D eigenvalue weighted by Crippen LogP contribution is 2.53. The molecule has 0 spiro atoms. The van der Waals surface area contributed by atoms with Crippen molar-refractivity contribution in [3.05, 3.63) is 40.5 Å². The quantitative estimate of drug-likeness (QED) is 0.273. The van der Waals surface area contributed by atoms with E-state index in [-0.39, 0.29) is 47.2 Å². The number of benzene rings is 1. The summed E-state index contributed by atoms with van der Waals surface area (Å²) in [6.45, 7) is 0. The van der Waals surface area contributed by atoms with E-state index < -0.39 is 4.92 Å². The van der Waals surface area contributed by atoms with Gasteiger partial charge in [0.15, 0.2) is 0 Å². The monoisotopic (exact) mass is 395 g/mol. The van der Waals surface area contributed by atoms with E-state index in [1.165, 1.54) is 23.8 Å². The number of nitrogens with one attached hydrogen (secondary N) is 1. The number of carbonyl (C=O) groups excluding carboxylic acids is 2. The molecule has 4 atom stereocenters. The van der Waals surface area contributed by atoms with Crippen molar-refractivity contribution in [2.45, 2.75) is 51.0 Å². The van der Waals surface area contributed by atoms with Crippen LogP contribution in [0.3, 0.4) is 0 Å². The van der Waals surface area contributed by atoms with Crippen LogP contribution in [0.5, 0.6) is 0 Å². The van der Waals surface area contributed by atoms with Gasteiger partial charge in [-0.25, -0.2) is 4.90 Å². The van der Waals surface area contributed by atoms with E-state index >= 15 is 0 Å². The Hall–Kier alpha value is -2.70. The van der Waals surface area contributed by atoms with Gasteiger partial charge in [0.2, 0.25) is 11.8 Å². The summed E-state index contributed by atoms with van der Waals surface area (Å²) in [6, 6.07) is 4.92. The van der Waals surface area contributed by atoms with Gasteiger partial charge in [-0.15, -0.1) is 0 Å². The number of amides is 2. The fourth-order valence-corrected chi connectivity index (χ4v) is 5.73. The van der Waals surface area contributed by atoms with Crippen molar-refractivity contribution >= 4 is 28.9 Å². The lowest BCUT2D eigenvalue weighted by Gasteiger charge is -2.20. The zero-order chi connectivity index (χ0) is 20.1. The van der Waals surface area contributed by atoms with Gasteiger partial charge in [-0.1, -0.05) is 37.8 Å². The zero-order valence-electron chi connectivity index (χ0n) is 16.3. The third kappa shape index (κ3) is 2.94. The van der Waals surface area contributed by atoms with E-state index in [0.717, 1.165) is 32.1 Å². The molecule has 1 aliphatic heterocycles. The van der Waals surface area contributed by atoms with E-state index in [0.29, 0.717) is 11.4 Å². The maximum atomic E-state index is 13.0. The lowest BCUT2D eigenvalue weighted by atomic mass is 9.85. The van der Waals surface area contributed by atoms with Crippen molar-refractivity contribution < 1.29 is 14.5 Å². The van der Waals surface area contributed by atoms with Crippen LogP contribution in [0.25, 0.3) is 0 Å². The zero-order valence-corrected chi connectivity index (χ0v) is 16.3. The van der Waals surface area contributed by atoms with Crippen LogP contribution in [0.1, 0.15) is 44.9 Å². The molecule has 1 aromatic rings. The first kappa shape index (κ1) is 18.3. The van der Waals surface area contributed by atoms with E-state index in [9.17, 15) is 19.7 Å². The summed E-state index contributed by atoms with van der Waals surface area (Å²) in [5, 5.41) is 15.1. The fourth-order valence-electron chi connectivity index (χ4n) is 5.73. The number of nitrogens with zero attached hydrogens (tertiary/aromatic N) is 2. The van der Waals surface area contributed by atoms with Crippen LogP contribution in [-0.4, -0.2) is 22.8 Å². The molecule has 1 N–H and O–H groups in total. The van der Waals surface area contributed by atoms with E-state index in [2.05, 4.69) is 5.32 Å². The van der Waals surface area contributed by atoms with Gasteiger partial charge in [0.1, 0.15) is 5.69 Å². The molecular formula is C22H25N3O4. The highest BCUT2D eigenvalue weighted by molar-refractivity contribution is 6.23. The van der Waals surface area contributed by atoms with Crippen molar-refractivity contribution in [1.82, 2.24) is 0 Å². The second-order valence-corrected chi connectivity index (χ2v) is 8.80. The maximum absolute atomic E-state index is 13.0. The van der Waals surface area contributed by atoms with Gasteiger partial charge in [0, 0.05) is 12.1 Å². The van der Waals surface area contributed by atoms with Crippen molar-refractivity contribution in [3.8, 4) is 0 Å². The van der Waals surface area contributed by atoms with Crippen molar-refractivity contribution in [1.29, 1.82) is 0 Å². The molecule has 29 heavy (non-hydrogen) atoms. The number of imide groups is 1. The maximum Gasteiger partial charge on any atom is 0.294 e. The summed E-state index contributed by atoms with van der Waals surface area (Å²) in [4.78, 5) is 38.5. The summed E-state index contributed by atoms with van der Waals surface area (Å²) >= 11 is 0. The molecule has 7 heteroatoms. The predicted molar refractivity (Wildman–Crippen MR) is 108 cm³/mol. The second kappa shape index (κ2) is 6.97. The number of hydrogen-bond acceptors (Lipinski definition) is 5. The number of carbonyl (C=O) groups is 2. The summed E-state index contributed by atoms with van der Waals surface area (Å²) in [7, 11) is 0. The number of allylic oxidation sites excluding steroid dienone is 2. The molecule has 1 saturated heterocycles. The molecular weight excluding hydrogens is 370 g/mol. The van der Waals surface area contributed by atoms with Crippen LogP contribution in [0.2, 0.25) is 0 Å². The standard InChI is InChI=1S/C22H25N3O4/c26-21-19-13-7-8-14(11-13)20(19)22(27)24(21)16-9-10-17(18(12-16)25(28)29)23-15-5-3-1-2-4-6-15/h7-10,12-15,19-20,23H,1-6,11H2/t13-,14-,19-,20+/m0/s1. The normalized spacial score (nSPS) is 31.2. The number of nitro groups is 1. The molecule has 0 aromatic heterocycles. The fraction of sp³-hybridized carbons (Fsp3) is 0.545. The molecule has 3 aliphatic carbocycles.